The van der Waals surface area contributed by atoms with E-state index < -0.39 is 45.6 Å². The Morgan fingerprint density at radius 1 is 0.458 bits per heavy atom. The van der Waals surface area contributed by atoms with Crippen molar-refractivity contribution in [1.82, 2.24) is 4.34 Å². The average molecular weight is 810 g/mol. The molecule has 0 N–H and O–H groups in total. The smallest absolute Gasteiger partial charge is 0.297 e. The fraction of sp³-hybridized carbons (Fsp3) is 0.154. The van der Waals surface area contributed by atoms with E-state index in [2.05, 4.69) is 218 Å². The van der Waals surface area contributed by atoms with Crippen LogP contribution in [0.1, 0.15) is 41.7 Å². The zero-order chi connectivity index (χ0) is 40.0. The van der Waals surface area contributed by atoms with Gasteiger partial charge in [0.25, 0.3) is 8.53 Å². The molecule has 1 aromatic heterocycles. The molecule has 0 bridgehead atoms. The van der Waals surface area contributed by atoms with Crippen LogP contribution in [0.4, 0.5) is 0 Å². The molecular weight excluding hydrogens is 765 g/mol. The van der Waals surface area contributed by atoms with Crippen molar-refractivity contribution in [2.45, 2.75) is 50.0 Å². The molecule has 0 radical (unpaired) electrons. The van der Waals surface area contributed by atoms with Crippen molar-refractivity contribution in [3.8, 4) is 0 Å². The van der Waals surface area contributed by atoms with Gasteiger partial charge in [0.15, 0.2) is 17.0 Å². The second-order valence-electron chi connectivity index (χ2n) is 15.6. The number of hydrogen-bond donors (Lipinski definition) is 0. The maximum Gasteiger partial charge on any atom is 0.297 e. The first-order valence-corrected chi connectivity index (χ1v) is 22.6. The van der Waals surface area contributed by atoms with Crippen LogP contribution >= 0.6 is 16.4 Å². The monoisotopic (exact) mass is 809 g/mol. The van der Waals surface area contributed by atoms with Crippen molar-refractivity contribution in [3.63, 3.8) is 0 Å². The van der Waals surface area contributed by atoms with E-state index in [0.717, 1.165) is 33.2 Å². The van der Waals surface area contributed by atoms with E-state index in [1.807, 2.05) is 13.8 Å². The summed E-state index contributed by atoms with van der Waals surface area (Å²) in [4.78, 5) is 0. The van der Waals surface area contributed by atoms with E-state index in [1.165, 1.54) is 21.6 Å². The van der Waals surface area contributed by atoms with Gasteiger partial charge in [0, 0.05) is 13.3 Å². The van der Waals surface area contributed by atoms with Crippen LogP contribution in [-0.2, 0) is 29.7 Å². The number of nitrogens with zero attached hydrogens (tertiary/aromatic N) is 1. The quantitative estimate of drug-likeness (QED) is 0.143. The maximum atomic E-state index is 8.16. The van der Waals surface area contributed by atoms with Gasteiger partial charge >= 0.3 is 0 Å². The zero-order valence-corrected chi connectivity index (χ0v) is 35.0. The number of fused-ring (bicyclic) bond motifs is 2. The van der Waals surface area contributed by atoms with Crippen LogP contribution in [0, 0.1) is 6.92 Å². The van der Waals surface area contributed by atoms with Gasteiger partial charge in [-0.05, 0) is 65.3 Å². The van der Waals surface area contributed by atoms with Crippen LogP contribution < -0.4 is 16.0 Å². The van der Waals surface area contributed by atoms with Crippen molar-refractivity contribution in [2.24, 2.45) is 0 Å². The molecule has 3 heterocycles. The van der Waals surface area contributed by atoms with Gasteiger partial charge in [0.05, 0.1) is 11.0 Å². The maximum absolute atomic E-state index is 8.16. The first-order valence-electron chi connectivity index (χ1n) is 20.2. The molecule has 292 valence electrons. The SMILES string of the molecule is Cc1c(P(c2ccccc2)c2ccccc2)n(P2OC(c3ccccc3)(c3ccccc3)[C@H]3OC(C)(C)O[C@@H]3C(c3ccccc3)(c3ccccc3)O2)c2ccccc12. The van der Waals surface area contributed by atoms with E-state index in [-0.39, 0.29) is 0 Å². The van der Waals surface area contributed by atoms with E-state index in [1.54, 1.807) is 0 Å². The summed E-state index contributed by atoms with van der Waals surface area (Å²) in [5.74, 6) is -0.984. The number of ether oxygens (including phenoxy) is 2. The summed E-state index contributed by atoms with van der Waals surface area (Å²) < 4.78 is 33.4. The molecule has 0 unspecified atom stereocenters. The zero-order valence-electron chi connectivity index (χ0n) is 33.3. The van der Waals surface area contributed by atoms with Crippen molar-refractivity contribution in [1.29, 1.82) is 0 Å². The van der Waals surface area contributed by atoms with Crippen molar-refractivity contribution in [2.75, 3.05) is 0 Å². The molecule has 2 aliphatic heterocycles. The fourth-order valence-corrected chi connectivity index (χ4v) is 14.0. The molecule has 0 spiro atoms. The predicted molar refractivity (Wildman–Crippen MR) is 241 cm³/mol. The molecule has 0 aliphatic carbocycles. The third kappa shape index (κ3) is 6.40. The van der Waals surface area contributed by atoms with Crippen molar-refractivity contribution < 1.29 is 18.5 Å². The first kappa shape index (κ1) is 38.0. The Morgan fingerprint density at radius 2 is 0.797 bits per heavy atom. The molecule has 2 atom stereocenters. The lowest BCUT2D eigenvalue weighted by atomic mass is 9.72. The summed E-state index contributed by atoms with van der Waals surface area (Å²) in [6.45, 7) is 6.26. The highest BCUT2D eigenvalue weighted by Gasteiger charge is 2.67. The number of rotatable bonds is 8. The molecule has 0 saturated carbocycles. The van der Waals surface area contributed by atoms with Gasteiger partial charge in [-0.2, -0.15) is 0 Å². The lowest BCUT2D eigenvalue weighted by molar-refractivity contribution is -0.174. The molecule has 2 fully saturated rings. The highest BCUT2D eigenvalue weighted by Crippen LogP contribution is 2.66. The van der Waals surface area contributed by atoms with Crippen LogP contribution in [0.3, 0.4) is 0 Å². The first-order chi connectivity index (χ1) is 28.9. The lowest BCUT2D eigenvalue weighted by Crippen LogP contribution is -2.53. The Hall–Kier alpha value is -5.22. The third-order valence-corrected chi connectivity index (χ3v) is 16.0. The Kier molecular flexibility index (Phi) is 9.94. The molecule has 7 heteroatoms. The number of hydrogen-bond acceptors (Lipinski definition) is 4. The summed E-state index contributed by atoms with van der Waals surface area (Å²) in [7, 11) is -3.18. The minimum absolute atomic E-state index is 0.675. The van der Waals surface area contributed by atoms with Gasteiger partial charge in [0.2, 0.25) is 0 Å². The summed E-state index contributed by atoms with van der Waals surface area (Å²) in [6, 6.07) is 72.6. The van der Waals surface area contributed by atoms with E-state index in [9.17, 15) is 0 Å². The van der Waals surface area contributed by atoms with Crippen LogP contribution in [0.25, 0.3) is 10.9 Å². The normalized spacial score (nSPS) is 19.7. The predicted octanol–water partition coefficient (Wildman–Crippen LogP) is 11.2. The molecule has 0 amide bonds. The van der Waals surface area contributed by atoms with Crippen LogP contribution in [0.2, 0.25) is 0 Å². The van der Waals surface area contributed by atoms with Gasteiger partial charge in [0.1, 0.15) is 12.2 Å². The lowest BCUT2D eigenvalue weighted by Gasteiger charge is -2.41. The Bertz CT molecular complexity index is 2450. The highest BCUT2D eigenvalue weighted by atomic mass is 31.2. The Balaban J connectivity index is 1.36. The molecule has 10 rings (SSSR count). The molecule has 59 heavy (non-hydrogen) atoms. The largest absolute Gasteiger partial charge is 0.341 e. The summed E-state index contributed by atoms with van der Waals surface area (Å²) in [5.41, 5.74) is 4.85. The number of aryl methyl sites for hydroxylation is 1. The number of aromatic nitrogens is 1. The van der Waals surface area contributed by atoms with Gasteiger partial charge < -0.3 is 9.47 Å². The Labute approximate surface area is 348 Å². The molecule has 7 aromatic carbocycles. The van der Waals surface area contributed by atoms with Crippen molar-refractivity contribution in [3.05, 3.63) is 234 Å². The van der Waals surface area contributed by atoms with Gasteiger partial charge in [-0.3, -0.25) is 13.4 Å². The molecular formula is C52H45NO4P2. The molecule has 2 aliphatic rings. The second kappa shape index (κ2) is 15.4. The minimum Gasteiger partial charge on any atom is -0.341 e. The van der Waals surface area contributed by atoms with Gasteiger partial charge in [-0.25, -0.2) is 0 Å². The summed E-state index contributed by atoms with van der Waals surface area (Å²) in [5, 5.41) is 3.64. The number of para-hydroxylation sites is 1. The van der Waals surface area contributed by atoms with Gasteiger partial charge in [-0.15, -0.1) is 0 Å². The topological polar surface area (TPSA) is 41.9 Å². The van der Waals surface area contributed by atoms with E-state index in [0.29, 0.717) is 0 Å². The minimum atomic E-state index is -2.06. The second-order valence-corrected chi connectivity index (χ2v) is 19.0. The standard InChI is InChI=1S/C52H45NO4P2/c1-38-45-36-22-23-37-46(45)53(49(38)58(43-32-18-8-19-33-43)44-34-20-9-21-35-44)59-56-51(39-24-10-4-11-25-39,40-26-12-5-13-27-40)47-48(55-50(2,3)54-47)52(57-59,41-28-14-6-15-29-41)42-30-16-7-17-31-42/h4-37,47-48H,1-3H3/t47-,48-/m0/s1. The van der Waals surface area contributed by atoms with Crippen LogP contribution in [0.5, 0.6) is 0 Å². The molecule has 8 aromatic rings. The van der Waals surface area contributed by atoms with E-state index in [4.69, 9.17) is 18.5 Å². The summed E-state index contributed by atoms with van der Waals surface area (Å²) in [6.07, 6.45) is -1.35. The van der Waals surface area contributed by atoms with E-state index >= 15 is 0 Å². The fourth-order valence-electron chi connectivity index (χ4n) is 9.09. The van der Waals surface area contributed by atoms with Crippen LogP contribution in [0.15, 0.2) is 206 Å². The van der Waals surface area contributed by atoms with Crippen LogP contribution in [-0.4, -0.2) is 22.3 Å². The number of benzene rings is 7. The highest BCUT2D eigenvalue weighted by molar-refractivity contribution is 7.80. The molecule has 5 nitrogen and oxygen atoms in total. The van der Waals surface area contributed by atoms with Gasteiger partial charge in [-0.1, -0.05) is 200 Å². The summed E-state index contributed by atoms with van der Waals surface area (Å²) >= 11 is 0. The molecule has 2 saturated heterocycles. The van der Waals surface area contributed by atoms with Crippen molar-refractivity contribution >= 4 is 43.4 Å². The average Bonchev–Trinajstić information content (AvgIpc) is 3.74. The Morgan fingerprint density at radius 3 is 1.19 bits per heavy atom. The third-order valence-electron chi connectivity index (χ3n) is 11.6.